The molecule has 174 valence electrons. The van der Waals surface area contributed by atoms with Crippen molar-refractivity contribution in [1.29, 1.82) is 0 Å². The van der Waals surface area contributed by atoms with Crippen LogP contribution in [0.3, 0.4) is 0 Å². The van der Waals surface area contributed by atoms with E-state index in [-0.39, 0.29) is 21.8 Å². The third kappa shape index (κ3) is 5.20. The molecule has 4 rings (SSSR count). The fourth-order valence-corrected chi connectivity index (χ4v) is 6.08. The first kappa shape index (κ1) is 23.7. The predicted molar refractivity (Wildman–Crippen MR) is 128 cm³/mol. The molecule has 7 nitrogen and oxygen atoms in total. The lowest BCUT2D eigenvalue weighted by molar-refractivity contribution is 0.0993. The van der Waals surface area contributed by atoms with Crippen LogP contribution in [0.2, 0.25) is 0 Å². The Morgan fingerprint density at radius 3 is 2.52 bits per heavy atom. The Kier molecular flexibility index (Phi) is 7.02. The minimum Gasteiger partial charge on any atom is -0.411 e. The number of hydrogen-bond acceptors (Lipinski definition) is 7. The van der Waals surface area contributed by atoms with Crippen molar-refractivity contribution >= 4 is 27.6 Å². The number of ketones is 1. The molecule has 9 heteroatoms. The lowest BCUT2D eigenvalue weighted by atomic mass is 10.0. The van der Waals surface area contributed by atoms with Crippen LogP contribution in [0.1, 0.15) is 47.7 Å². The highest BCUT2D eigenvalue weighted by Crippen LogP contribution is 2.30. The molecule has 0 radical (unpaired) electrons. The third-order valence-electron chi connectivity index (χ3n) is 5.88. The number of rotatable bonds is 7. The number of piperidine rings is 1. The van der Waals surface area contributed by atoms with Crippen molar-refractivity contribution < 1.29 is 17.6 Å². The summed E-state index contributed by atoms with van der Waals surface area (Å²) in [5.41, 5.74) is 3.38. The minimum atomic E-state index is -3.56. The van der Waals surface area contributed by atoms with Gasteiger partial charge in [0.05, 0.1) is 10.1 Å². The summed E-state index contributed by atoms with van der Waals surface area (Å²) in [4.78, 5) is 13.0. The van der Waals surface area contributed by atoms with Crippen LogP contribution in [-0.4, -0.2) is 47.0 Å². The van der Waals surface area contributed by atoms with Gasteiger partial charge in [0.25, 0.3) is 5.22 Å². The monoisotopic (exact) mass is 485 g/mol. The van der Waals surface area contributed by atoms with Crippen LogP contribution in [0.25, 0.3) is 11.5 Å². The van der Waals surface area contributed by atoms with Gasteiger partial charge < -0.3 is 4.42 Å². The van der Waals surface area contributed by atoms with E-state index in [1.54, 1.807) is 31.2 Å². The Bertz CT molecular complexity index is 1260. The highest BCUT2D eigenvalue weighted by molar-refractivity contribution is 8.00. The van der Waals surface area contributed by atoms with Gasteiger partial charge in [0, 0.05) is 24.2 Å². The maximum atomic E-state index is 13.0. The Morgan fingerprint density at radius 2 is 1.79 bits per heavy atom. The van der Waals surface area contributed by atoms with Crippen molar-refractivity contribution in [3.05, 3.63) is 59.2 Å². The van der Waals surface area contributed by atoms with E-state index in [2.05, 4.69) is 10.2 Å². The van der Waals surface area contributed by atoms with E-state index in [1.807, 2.05) is 32.0 Å². The van der Waals surface area contributed by atoms with E-state index in [0.29, 0.717) is 24.2 Å². The van der Waals surface area contributed by atoms with E-state index in [4.69, 9.17) is 4.42 Å². The van der Waals surface area contributed by atoms with Crippen LogP contribution in [0, 0.1) is 13.8 Å². The molecule has 2 heterocycles. The molecule has 33 heavy (non-hydrogen) atoms. The molecule has 0 bridgehead atoms. The number of thioether (sulfide) groups is 1. The Morgan fingerprint density at radius 1 is 1.03 bits per heavy atom. The summed E-state index contributed by atoms with van der Waals surface area (Å²) < 4.78 is 33.3. The summed E-state index contributed by atoms with van der Waals surface area (Å²) in [6.07, 6.45) is 2.81. The normalized spacial score (nSPS) is 16.0. The fraction of sp³-hybridized carbons (Fsp3) is 0.375. The van der Waals surface area contributed by atoms with E-state index in [0.717, 1.165) is 30.4 Å². The Balaban J connectivity index is 1.49. The molecule has 0 saturated carbocycles. The number of nitrogens with zero attached hydrogens (tertiary/aromatic N) is 3. The first-order valence-corrected chi connectivity index (χ1v) is 13.3. The highest BCUT2D eigenvalue weighted by Gasteiger charge is 2.27. The SMILES string of the molecule is Cc1ccc(C(=O)[C@H](C)Sc2nnc(-c3cccc(S(=O)(=O)N4CCCCC4)c3)o2)cc1C. The molecular formula is C24H27N3O4S2. The maximum Gasteiger partial charge on any atom is 0.277 e. The summed E-state index contributed by atoms with van der Waals surface area (Å²) in [6, 6.07) is 12.2. The molecule has 1 saturated heterocycles. The third-order valence-corrected chi connectivity index (χ3v) is 8.71. The van der Waals surface area contributed by atoms with E-state index < -0.39 is 15.3 Å². The smallest absolute Gasteiger partial charge is 0.277 e. The zero-order chi connectivity index (χ0) is 23.6. The highest BCUT2D eigenvalue weighted by atomic mass is 32.2. The van der Waals surface area contributed by atoms with E-state index in [9.17, 15) is 13.2 Å². The van der Waals surface area contributed by atoms with Crippen LogP contribution in [0.5, 0.6) is 0 Å². The lowest BCUT2D eigenvalue weighted by Gasteiger charge is -2.25. The second kappa shape index (κ2) is 9.79. The molecule has 0 spiro atoms. The summed E-state index contributed by atoms with van der Waals surface area (Å²) in [6.45, 7) is 6.88. The van der Waals surface area contributed by atoms with E-state index >= 15 is 0 Å². The minimum absolute atomic E-state index is 0.0162. The summed E-state index contributed by atoms with van der Waals surface area (Å²) in [5, 5.41) is 7.98. The number of aryl methyl sites for hydroxylation is 2. The number of aromatic nitrogens is 2. The fourth-order valence-electron chi connectivity index (χ4n) is 3.75. The average Bonchev–Trinajstić information content (AvgIpc) is 3.29. The molecule has 1 aliphatic rings. The molecule has 1 atom stereocenters. The number of carbonyl (C=O) groups excluding carboxylic acids is 1. The average molecular weight is 486 g/mol. The number of hydrogen-bond donors (Lipinski definition) is 0. The van der Waals surface area contributed by atoms with Crippen molar-refractivity contribution in [2.24, 2.45) is 0 Å². The van der Waals surface area contributed by atoms with Gasteiger partial charge in [-0.15, -0.1) is 10.2 Å². The first-order valence-electron chi connectivity index (χ1n) is 11.0. The van der Waals surface area contributed by atoms with Gasteiger partial charge >= 0.3 is 0 Å². The molecule has 0 aliphatic carbocycles. The van der Waals surface area contributed by atoms with Crippen LogP contribution in [0.4, 0.5) is 0 Å². The molecule has 1 fully saturated rings. The first-order chi connectivity index (χ1) is 15.8. The van der Waals surface area contributed by atoms with Gasteiger partial charge in [0.2, 0.25) is 15.9 Å². The van der Waals surface area contributed by atoms with Gasteiger partial charge in [-0.3, -0.25) is 4.79 Å². The molecule has 3 aromatic rings. The van der Waals surface area contributed by atoms with Crippen molar-refractivity contribution in [2.75, 3.05) is 13.1 Å². The van der Waals surface area contributed by atoms with E-state index in [1.165, 1.54) is 16.1 Å². The van der Waals surface area contributed by atoms with Crippen molar-refractivity contribution in [3.8, 4) is 11.5 Å². The van der Waals surface area contributed by atoms with Gasteiger partial charge in [-0.25, -0.2) is 8.42 Å². The van der Waals surface area contributed by atoms with Crippen LogP contribution in [-0.2, 0) is 10.0 Å². The number of benzene rings is 2. The predicted octanol–water partition coefficient (Wildman–Crippen LogP) is 4.89. The van der Waals surface area contributed by atoms with Gasteiger partial charge in [-0.1, -0.05) is 36.4 Å². The van der Waals surface area contributed by atoms with Crippen LogP contribution < -0.4 is 0 Å². The molecule has 0 N–H and O–H groups in total. The zero-order valence-corrected chi connectivity index (χ0v) is 20.6. The number of sulfonamides is 1. The molecule has 1 aliphatic heterocycles. The van der Waals surface area contributed by atoms with Gasteiger partial charge in [0.1, 0.15) is 0 Å². The Hall–Kier alpha value is -2.49. The van der Waals surface area contributed by atoms with Crippen LogP contribution >= 0.6 is 11.8 Å². The van der Waals surface area contributed by atoms with Crippen molar-refractivity contribution in [2.45, 2.75) is 55.4 Å². The maximum absolute atomic E-state index is 13.0. The summed E-state index contributed by atoms with van der Waals surface area (Å²) >= 11 is 1.19. The van der Waals surface area contributed by atoms with Gasteiger partial charge in [-0.05, 0) is 69.0 Å². The molecule has 0 amide bonds. The number of carbonyl (C=O) groups is 1. The van der Waals surface area contributed by atoms with Crippen molar-refractivity contribution in [3.63, 3.8) is 0 Å². The second-order valence-corrected chi connectivity index (χ2v) is 11.5. The molecular weight excluding hydrogens is 458 g/mol. The zero-order valence-electron chi connectivity index (χ0n) is 18.9. The van der Waals surface area contributed by atoms with Gasteiger partial charge in [-0.2, -0.15) is 4.31 Å². The Labute approximate surface area is 198 Å². The lowest BCUT2D eigenvalue weighted by Crippen LogP contribution is -2.35. The summed E-state index contributed by atoms with van der Waals surface area (Å²) in [7, 11) is -3.56. The second-order valence-electron chi connectivity index (χ2n) is 8.29. The summed E-state index contributed by atoms with van der Waals surface area (Å²) in [5.74, 6) is 0.205. The topological polar surface area (TPSA) is 93.4 Å². The standard InChI is InChI=1S/C24H27N3O4S2/c1-16-10-11-19(14-17(16)2)22(28)18(3)32-24-26-25-23(31-24)20-8-7-9-21(15-20)33(29,30)27-12-5-4-6-13-27/h7-11,14-15,18H,4-6,12-13H2,1-3H3/t18-/m0/s1. The molecule has 0 unspecified atom stereocenters. The van der Waals surface area contributed by atoms with Gasteiger partial charge in [0.15, 0.2) is 5.78 Å². The number of Topliss-reactive ketones (excluding diaryl/α,β-unsaturated/α-hetero) is 1. The quantitative estimate of drug-likeness (QED) is 0.347. The van der Waals surface area contributed by atoms with Crippen LogP contribution in [0.15, 0.2) is 57.0 Å². The largest absolute Gasteiger partial charge is 0.411 e. The molecule has 2 aromatic carbocycles. The molecule has 1 aromatic heterocycles. The van der Waals surface area contributed by atoms with Crippen molar-refractivity contribution in [1.82, 2.24) is 14.5 Å².